The number of hydrogen-bond acceptors (Lipinski definition) is 4. The number of imide groups is 1. The zero-order chi connectivity index (χ0) is 20.1. The van der Waals surface area contributed by atoms with Crippen LogP contribution in [0.2, 0.25) is 0 Å². The number of carbonyl (C=O) groups is 2. The molecular formula is C23H20N2O3. The largest absolute Gasteiger partial charge is 0.508 e. The van der Waals surface area contributed by atoms with Crippen molar-refractivity contribution in [1.29, 1.82) is 0 Å². The van der Waals surface area contributed by atoms with Crippen molar-refractivity contribution in [1.82, 2.24) is 5.32 Å². The SMILES string of the molecule is CC1=C/C(c2cc(O)ccc2N)=C/C(C(=O)NC=O)=C/C(c2ccccc2)=C1. The van der Waals surface area contributed by atoms with E-state index in [9.17, 15) is 14.7 Å². The minimum Gasteiger partial charge on any atom is -0.508 e. The lowest BCUT2D eigenvalue weighted by atomic mass is 9.93. The number of rotatable bonds is 4. The summed E-state index contributed by atoms with van der Waals surface area (Å²) in [6.45, 7) is 1.94. The molecule has 28 heavy (non-hydrogen) atoms. The number of amides is 2. The maximum Gasteiger partial charge on any atom is 0.257 e. The molecule has 0 saturated carbocycles. The second-order valence-electron chi connectivity index (χ2n) is 6.42. The normalized spacial score (nSPS) is 17.6. The molecule has 140 valence electrons. The summed E-state index contributed by atoms with van der Waals surface area (Å²) in [5.74, 6) is -0.456. The van der Waals surface area contributed by atoms with Crippen molar-refractivity contribution in [3.63, 3.8) is 0 Å². The standard InChI is InChI=1S/C23H20N2O3/c1-15-9-17(16-5-3-2-4-6-16)11-19(23(28)25-14-26)12-18(10-15)21-13-20(27)7-8-22(21)24/h2-14,27H,24H2,1H3,(H,25,26,28)/b15-9?,15-10?,17-9?,17-11?,18-10?,18-12-,19-11-,19-12?. The van der Waals surface area contributed by atoms with E-state index in [-0.39, 0.29) is 5.75 Å². The molecule has 2 aromatic carbocycles. The maximum atomic E-state index is 12.5. The van der Waals surface area contributed by atoms with Crippen LogP contribution in [0.1, 0.15) is 18.1 Å². The van der Waals surface area contributed by atoms with E-state index < -0.39 is 5.91 Å². The minimum absolute atomic E-state index is 0.0709. The van der Waals surface area contributed by atoms with Gasteiger partial charge < -0.3 is 10.8 Å². The molecule has 2 aromatic rings. The van der Waals surface area contributed by atoms with Crippen LogP contribution in [0.4, 0.5) is 5.69 Å². The summed E-state index contributed by atoms with van der Waals surface area (Å²) in [7, 11) is 0. The van der Waals surface area contributed by atoms with Crippen LogP contribution in [0.25, 0.3) is 11.1 Å². The van der Waals surface area contributed by atoms with Crippen molar-refractivity contribution in [2.45, 2.75) is 6.92 Å². The van der Waals surface area contributed by atoms with E-state index in [1.165, 1.54) is 6.07 Å². The van der Waals surface area contributed by atoms with Gasteiger partial charge in [-0.05, 0) is 59.6 Å². The third-order valence-electron chi connectivity index (χ3n) is 4.30. The second kappa shape index (κ2) is 8.22. The highest BCUT2D eigenvalue weighted by Crippen LogP contribution is 2.31. The molecule has 1 aliphatic carbocycles. The first-order chi connectivity index (χ1) is 13.5. The number of phenols is 1. The molecule has 4 N–H and O–H groups in total. The fraction of sp³-hybridized carbons (Fsp3) is 0.0435. The molecule has 5 nitrogen and oxygen atoms in total. The Hall–Kier alpha value is -3.86. The van der Waals surface area contributed by atoms with Gasteiger partial charge >= 0.3 is 0 Å². The molecule has 1 aliphatic rings. The van der Waals surface area contributed by atoms with E-state index in [0.29, 0.717) is 28.8 Å². The monoisotopic (exact) mass is 372 g/mol. The summed E-state index contributed by atoms with van der Waals surface area (Å²) >= 11 is 0. The van der Waals surface area contributed by atoms with Crippen molar-refractivity contribution < 1.29 is 14.7 Å². The molecule has 0 bridgehead atoms. The molecular weight excluding hydrogens is 352 g/mol. The van der Waals surface area contributed by atoms with Crippen LogP contribution >= 0.6 is 0 Å². The average Bonchev–Trinajstić information content (AvgIpc) is 2.67. The van der Waals surface area contributed by atoms with E-state index >= 15 is 0 Å². The Morgan fingerprint density at radius 3 is 2.46 bits per heavy atom. The highest BCUT2D eigenvalue weighted by molar-refractivity contribution is 6.06. The van der Waals surface area contributed by atoms with Gasteiger partial charge in [0.05, 0.1) is 0 Å². The van der Waals surface area contributed by atoms with E-state index in [1.807, 2.05) is 49.4 Å². The summed E-state index contributed by atoms with van der Waals surface area (Å²) in [5.41, 5.74) is 10.8. The topological polar surface area (TPSA) is 92.4 Å². The minimum atomic E-state index is -0.527. The number of allylic oxidation sites excluding steroid dienone is 6. The van der Waals surface area contributed by atoms with Crippen LogP contribution < -0.4 is 11.1 Å². The summed E-state index contributed by atoms with van der Waals surface area (Å²) in [5, 5.41) is 12.0. The second-order valence-corrected chi connectivity index (χ2v) is 6.42. The Morgan fingerprint density at radius 1 is 1.00 bits per heavy atom. The van der Waals surface area contributed by atoms with Crippen molar-refractivity contribution in [2.24, 2.45) is 0 Å². The highest BCUT2D eigenvalue weighted by Gasteiger charge is 2.14. The molecule has 0 spiro atoms. The van der Waals surface area contributed by atoms with Crippen molar-refractivity contribution in [3.8, 4) is 5.75 Å². The number of nitrogens with one attached hydrogen (secondary N) is 1. The van der Waals surface area contributed by atoms with Crippen LogP contribution in [-0.2, 0) is 9.59 Å². The van der Waals surface area contributed by atoms with Crippen LogP contribution in [0.15, 0.2) is 84.0 Å². The van der Waals surface area contributed by atoms with Gasteiger partial charge in [-0.3, -0.25) is 14.9 Å². The molecule has 0 atom stereocenters. The summed E-state index contributed by atoms with van der Waals surface area (Å²) < 4.78 is 0. The number of anilines is 1. The lowest BCUT2D eigenvalue weighted by Gasteiger charge is -2.14. The molecule has 0 saturated heterocycles. The molecule has 0 heterocycles. The molecule has 0 fully saturated rings. The summed E-state index contributed by atoms with van der Waals surface area (Å²) in [6, 6.07) is 14.3. The van der Waals surface area contributed by atoms with Crippen LogP contribution in [0.5, 0.6) is 5.75 Å². The van der Waals surface area contributed by atoms with Crippen LogP contribution in [0, 0.1) is 0 Å². The Balaban J connectivity index is 2.18. The molecule has 0 aliphatic heterocycles. The quantitative estimate of drug-likeness (QED) is 0.434. The third kappa shape index (κ3) is 4.27. The Labute approximate surface area is 163 Å². The van der Waals surface area contributed by atoms with Gasteiger partial charge in [0.15, 0.2) is 0 Å². The van der Waals surface area contributed by atoms with Gasteiger partial charge in [0.25, 0.3) is 5.91 Å². The average molecular weight is 372 g/mol. The number of nitrogens with two attached hydrogens (primary N) is 1. The van der Waals surface area contributed by atoms with E-state index in [0.717, 1.165) is 16.7 Å². The molecule has 0 unspecified atom stereocenters. The van der Waals surface area contributed by atoms with Gasteiger partial charge in [-0.2, -0.15) is 0 Å². The first-order valence-electron chi connectivity index (χ1n) is 8.70. The maximum absolute atomic E-state index is 12.5. The number of phenolic OH excluding ortho intramolecular Hbond substituents is 1. The van der Waals surface area contributed by atoms with Crippen molar-refractivity contribution in [3.05, 3.63) is 95.1 Å². The third-order valence-corrected chi connectivity index (χ3v) is 4.30. The number of benzene rings is 2. The predicted octanol–water partition coefficient (Wildman–Crippen LogP) is 3.60. The first-order valence-corrected chi connectivity index (χ1v) is 8.70. The van der Waals surface area contributed by atoms with Gasteiger partial charge in [-0.25, -0.2) is 0 Å². The number of hydrogen-bond donors (Lipinski definition) is 3. The van der Waals surface area contributed by atoms with Gasteiger partial charge in [0.1, 0.15) is 5.75 Å². The van der Waals surface area contributed by atoms with Crippen molar-refractivity contribution in [2.75, 3.05) is 5.73 Å². The first kappa shape index (κ1) is 18.9. The summed E-state index contributed by atoms with van der Waals surface area (Å²) in [4.78, 5) is 23.3. The number of carbonyl (C=O) groups excluding carboxylic acids is 2. The van der Waals surface area contributed by atoms with Gasteiger partial charge in [0.2, 0.25) is 6.41 Å². The van der Waals surface area contributed by atoms with Crippen LogP contribution in [0.3, 0.4) is 0 Å². The van der Waals surface area contributed by atoms with Crippen LogP contribution in [-0.4, -0.2) is 17.4 Å². The smallest absolute Gasteiger partial charge is 0.257 e. The van der Waals surface area contributed by atoms with Gasteiger partial charge in [-0.15, -0.1) is 0 Å². The Bertz CT molecular complexity index is 1040. The lowest BCUT2D eigenvalue weighted by molar-refractivity contribution is -0.122. The zero-order valence-corrected chi connectivity index (χ0v) is 15.3. The zero-order valence-electron chi connectivity index (χ0n) is 15.3. The van der Waals surface area contributed by atoms with Gasteiger partial charge in [0, 0.05) is 16.8 Å². The summed E-state index contributed by atoms with van der Waals surface area (Å²) in [6.07, 6.45) is 7.57. The fourth-order valence-electron chi connectivity index (χ4n) is 3.01. The van der Waals surface area contributed by atoms with Crippen molar-refractivity contribution >= 4 is 29.2 Å². The lowest BCUT2D eigenvalue weighted by Crippen LogP contribution is -2.22. The van der Waals surface area contributed by atoms with E-state index in [2.05, 4.69) is 5.32 Å². The Morgan fingerprint density at radius 2 is 1.75 bits per heavy atom. The number of aromatic hydroxyl groups is 1. The predicted molar refractivity (Wildman–Crippen MR) is 111 cm³/mol. The molecule has 0 radical (unpaired) electrons. The Kier molecular flexibility index (Phi) is 5.56. The molecule has 2 amide bonds. The number of nitrogen functional groups attached to an aromatic ring is 1. The highest BCUT2D eigenvalue weighted by atomic mass is 16.3. The molecule has 5 heteroatoms. The molecule has 3 rings (SSSR count). The van der Waals surface area contributed by atoms with E-state index in [4.69, 9.17) is 5.73 Å². The molecule has 0 aromatic heterocycles. The van der Waals surface area contributed by atoms with E-state index in [1.54, 1.807) is 24.3 Å². The fourth-order valence-corrected chi connectivity index (χ4v) is 3.01. The van der Waals surface area contributed by atoms with Gasteiger partial charge in [-0.1, -0.05) is 42.5 Å².